The average molecular weight is 277 g/mol. The Bertz CT molecular complexity index is 432. The predicted molar refractivity (Wildman–Crippen MR) is 61.6 cm³/mol. The Balaban J connectivity index is 1.92. The van der Waals surface area contributed by atoms with E-state index >= 15 is 0 Å². The smallest absolute Gasteiger partial charge is 0.347 e. The Morgan fingerprint density at radius 3 is 2.83 bits per heavy atom. The minimum Gasteiger partial charge on any atom is -0.477 e. The van der Waals surface area contributed by atoms with Crippen LogP contribution in [0, 0.1) is 0 Å². The average Bonchev–Trinajstić information content (AvgIpc) is 3.05. The fourth-order valence-electron chi connectivity index (χ4n) is 1.60. The van der Waals surface area contributed by atoms with Crippen LogP contribution in [0.5, 0.6) is 0 Å². The molecule has 1 fully saturated rings. The van der Waals surface area contributed by atoms with Gasteiger partial charge in [0.05, 0.1) is 17.3 Å². The number of hydrogen-bond acceptors (Lipinski definition) is 4. The molecule has 1 saturated carbocycles. The molecule has 0 saturated heterocycles. The zero-order valence-electron chi connectivity index (χ0n) is 9.57. The predicted octanol–water partition coefficient (Wildman–Crippen LogP) is 2.54. The van der Waals surface area contributed by atoms with Crippen molar-refractivity contribution in [2.75, 3.05) is 13.2 Å². The molecular formula is C11H13F2NO3S. The summed E-state index contributed by atoms with van der Waals surface area (Å²) >= 11 is 1.12. The van der Waals surface area contributed by atoms with Crippen molar-refractivity contribution in [3.8, 4) is 0 Å². The second-order valence-electron chi connectivity index (χ2n) is 4.12. The fourth-order valence-corrected chi connectivity index (χ4v) is 2.57. The highest BCUT2D eigenvalue weighted by molar-refractivity contribution is 7.13. The molecule has 1 aromatic heterocycles. The summed E-state index contributed by atoms with van der Waals surface area (Å²) in [6.07, 6.45) is -0.140. The van der Waals surface area contributed by atoms with Gasteiger partial charge in [-0.15, -0.1) is 11.3 Å². The van der Waals surface area contributed by atoms with E-state index in [9.17, 15) is 13.6 Å². The Morgan fingerprint density at radius 2 is 2.28 bits per heavy atom. The minimum absolute atomic E-state index is 0.140. The van der Waals surface area contributed by atoms with Gasteiger partial charge in [0.25, 0.3) is 6.43 Å². The zero-order valence-corrected chi connectivity index (χ0v) is 10.4. The number of aromatic carboxylic acids is 1. The minimum atomic E-state index is -2.47. The van der Waals surface area contributed by atoms with Crippen molar-refractivity contribution < 1.29 is 23.4 Å². The molecule has 7 heteroatoms. The number of alkyl halides is 2. The van der Waals surface area contributed by atoms with Gasteiger partial charge in [0.15, 0.2) is 0 Å². The molecular weight excluding hydrogens is 264 g/mol. The van der Waals surface area contributed by atoms with Crippen LogP contribution < -0.4 is 0 Å². The van der Waals surface area contributed by atoms with E-state index in [0.29, 0.717) is 17.1 Å². The molecule has 0 bridgehead atoms. The first-order valence-electron chi connectivity index (χ1n) is 5.66. The molecule has 1 aliphatic carbocycles. The van der Waals surface area contributed by atoms with E-state index < -0.39 is 19.0 Å². The first kappa shape index (κ1) is 13.4. The molecule has 18 heavy (non-hydrogen) atoms. The molecule has 1 aromatic rings. The highest BCUT2D eigenvalue weighted by Gasteiger charge is 2.31. The van der Waals surface area contributed by atoms with Crippen LogP contribution in [0.4, 0.5) is 8.78 Å². The van der Waals surface area contributed by atoms with Gasteiger partial charge < -0.3 is 9.84 Å². The summed E-state index contributed by atoms with van der Waals surface area (Å²) in [6, 6.07) is 0. The molecule has 4 nitrogen and oxygen atoms in total. The van der Waals surface area contributed by atoms with Crippen LogP contribution in [0.25, 0.3) is 0 Å². The first-order valence-corrected chi connectivity index (χ1v) is 6.48. The Hall–Kier alpha value is -1.08. The van der Waals surface area contributed by atoms with Crippen LogP contribution in [0.3, 0.4) is 0 Å². The third-order valence-electron chi connectivity index (χ3n) is 2.56. The zero-order chi connectivity index (χ0) is 13.1. The quantitative estimate of drug-likeness (QED) is 0.778. The largest absolute Gasteiger partial charge is 0.477 e. The number of carboxylic acids is 1. The maximum absolute atomic E-state index is 11.8. The van der Waals surface area contributed by atoms with Crippen molar-refractivity contribution >= 4 is 17.3 Å². The second-order valence-corrected chi connectivity index (χ2v) is 5.20. The van der Waals surface area contributed by atoms with Crippen LogP contribution in [0.1, 0.15) is 39.1 Å². The topological polar surface area (TPSA) is 59.4 Å². The Labute approximate surface area is 107 Å². The van der Waals surface area contributed by atoms with Gasteiger partial charge in [-0.1, -0.05) is 0 Å². The number of thiazole rings is 1. The lowest BCUT2D eigenvalue weighted by Crippen LogP contribution is -2.06. The van der Waals surface area contributed by atoms with E-state index in [-0.39, 0.29) is 17.4 Å². The van der Waals surface area contributed by atoms with Crippen LogP contribution >= 0.6 is 11.3 Å². The number of nitrogens with zero attached hydrogens (tertiary/aromatic N) is 1. The number of carbonyl (C=O) groups is 1. The van der Waals surface area contributed by atoms with Crippen molar-refractivity contribution in [2.45, 2.75) is 31.6 Å². The van der Waals surface area contributed by atoms with Gasteiger partial charge in [-0.2, -0.15) is 0 Å². The van der Waals surface area contributed by atoms with Crippen LogP contribution in [0.15, 0.2) is 0 Å². The molecule has 0 unspecified atom stereocenters. The lowest BCUT2D eigenvalue weighted by molar-refractivity contribution is 0.0187. The maximum Gasteiger partial charge on any atom is 0.347 e. The van der Waals surface area contributed by atoms with Gasteiger partial charge >= 0.3 is 5.97 Å². The number of rotatable bonds is 7. The maximum atomic E-state index is 11.8. The number of halogens is 2. The third-order valence-corrected chi connectivity index (χ3v) is 3.68. The molecule has 0 spiro atoms. The first-order chi connectivity index (χ1) is 8.58. The molecule has 0 amide bonds. The van der Waals surface area contributed by atoms with E-state index in [4.69, 9.17) is 9.84 Å². The Morgan fingerprint density at radius 1 is 1.56 bits per heavy atom. The molecule has 0 radical (unpaired) electrons. The highest BCUT2D eigenvalue weighted by atomic mass is 32.1. The van der Waals surface area contributed by atoms with Crippen molar-refractivity contribution in [3.05, 3.63) is 15.6 Å². The van der Waals surface area contributed by atoms with Gasteiger partial charge in [0.2, 0.25) is 0 Å². The summed E-state index contributed by atoms with van der Waals surface area (Å²) in [7, 11) is 0. The van der Waals surface area contributed by atoms with E-state index in [0.717, 1.165) is 24.2 Å². The summed E-state index contributed by atoms with van der Waals surface area (Å²) in [4.78, 5) is 15.6. The van der Waals surface area contributed by atoms with Gasteiger partial charge in [-0.05, 0) is 12.8 Å². The summed E-state index contributed by atoms with van der Waals surface area (Å²) in [5, 5.41) is 9.68. The molecule has 0 aromatic carbocycles. The van der Waals surface area contributed by atoms with Crippen LogP contribution in [0.2, 0.25) is 0 Å². The van der Waals surface area contributed by atoms with Crippen molar-refractivity contribution in [1.29, 1.82) is 0 Å². The third kappa shape index (κ3) is 3.46. The highest BCUT2D eigenvalue weighted by Crippen LogP contribution is 2.42. The second kappa shape index (κ2) is 5.71. The molecule has 1 aliphatic rings. The van der Waals surface area contributed by atoms with Crippen molar-refractivity contribution in [2.24, 2.45) is 0 Å². The number of ether oxygens (including phenoxy) is 1. The molecule has 100 valence electrons. The monoisotopic (exact) mass is 277 g/mol. The molecule has 2 rings (SSSR count). The standard InChI is InChI=1S/C11H13F2NO3S/c12-7(13)5-17-4-3-8-14-9(6-1-2-6)10(18-8)11(15)16/h6-7H,1-5H2,(H,15,16). The Kier molecular flexibility index (Phi) is 4.23. The van der Waals surface area contributed by atoms with Gasteiger partial charge in [-0.3, -0.25) is 0 Å². The van der Waals surface area contributed by atoms with Crippen LogP contribution in [-0.4, -0.2) is 35.7 Å². The van der Waals surface area contributed by atoms with Gasteiger partial charge in [-0.25, -0.2) is 18.6 Å². The van der Waals surface area contributed by atoms with E-state index in [1.54, 1.807) is 0 Å². The molecule has 0 atom stereocenters. The number of carboxylic acid groups (broad SMARTS) is 1. The summed E-state index contributed by atoms with van der Waals surface area (Å²) in [5.41, 5.74) is 0.649. The van der Waals surface area contributed by atoms with Crippen LogP contribution in [-0.2, 0) is 11.2 Å². The van der Waals surface area contributed by atoms with E-state index in [1.165, 1.54) is 0 Å². The van der Waals surface area contributed by atoms with Crippen molar-refractivity contribution in [3.63, 3.8) is 0 Å². The van der Waals surface area contributed by atoms with Gasteiger partial charge in [0.1, 0.15) is 11.5 Å². The summed E-state index contributed by atoms with van der Waals surface area (Å²) in [5.74, 6) is -0.697. The molecule has 1 heterocycles. The lowest BCUT2D eigenvalue weighted by Gasteiger charge is -2.00. The lowest BCUT2D eigenvalue weighted by atomic mass is 10.2. The SMILES string of the molecule is O=C(O)c1sc(CCOCC(F)F)nc1C1CC1. The van der Waals surface area contributed by atoms with E-state index in [2.05, 4.69) is 4.98 Å². The van der Waals surface area contributed by atoms with Gasteiger partial charge in [0, 0.05) is 12.3 Å². The van der Waals surface area contributed by atoms with Crippen molar-refractivity contribution in [1.82, 2.24) is 4.98 Å². The number of aromatic nitrogens is 1. The fraction of sp³-hybridized carbons (Fsp3) is 0.636. The summed E-state index contributed by atoms with van der Waals surface area (Å²) < 4.78 is 28.4. The van der Waals surface area contributed by atoms with E-state index in [1.807, 2.05) is 0 Å². The normalized spacial score (nSPS) is 15.3. The molecule has 1 N–H and O–H groups in total. The molecule has 0 aliphatic heterocycles. The summed E-state index contributed by atoms with van der Waals surface area (Å²) in [6.45, 7) is -0.451. The number of hydrogen-bond donors (Lipinski definition) is 1.